The predicted molar refractivity (Wildman–Crippen MR) is 67.9 cm³/mol. The largest absolute Gasteiger partial charge is 0.481 e. The molecule has 18 heavy (non-hydrogen) atoms. The Morgan fingerprint density at radius 2 is 1.89 bits per heavy atom. The Labute approximate surface area is 107 Å². The predicted octanol–water partition coefficient (Wildman–Crippen LogP) is 1.50. The molecule has 1 rings (SSSR count). The normalized spacial score (nSPS) is 10.5. The fourth-order valence-corrected chi connectivity index (χ4v) is 2.57. The fraction of sp³-hybridized carbons (Fsp3) is 0.308. The van der Waals surface area contributed by atoms with Crippen LogP contribution >= 0.6 is 0 Å². The second-order valence-electron chi connectivity index (χ2n) is 3.71. The van der Waals surface area contributed by atoms with Crippen LogP contribution in [0.3, 0.4) is 0 Å². The Balaban J connectivity index is 2.82. The van der Waals surface area contributed by atoms with Gasteiger partial charge in [-0.2, -0.15) is 0 Å². The zero-order valence-corrected chi connectivity index (χ0v) is 10.8. The summed E-state index contributed by atoms with van der Waals surface area (Å²) in [5, 5.41) is 8.61. The van der Waals surface area contributed by atoms with E-state index in [1.54, 1.807) is 6.92 Å². The molecule has 1 aromatic rings. The molecule has 5 heteroatoms. The molecule has 0 spiro atoms. The third-order valence-electron chi connectivity index (χ3n) is 2.31. The Hall–Kier alpha value is -1.80. The SMILES string of the molecule is CC#CCCS(=O)(=O)c1ccc(CC(=O)O)cc1. The highest BCUT2D eigenvalue weighted by Gasteiger charge is 2.13. The summed E-state index contributed by atoms with van der Waals surface area (Å²) in [6.07, 6.45) is 0.192. The highest BCUT2D eigenvalue weighted by Crippen LogP contribution is 2.13. The first-order valence-corrected chi connectivity index (χ1v) is 7.04. The molecule has 0 bridgehead atoms. The summed E-state index contributed by atoms with van der Waals surface area (Å²) in [7, 11) is -3.33. The van der Waals surface area contributed by atoms with Crippen molar-refractivity contribution in [2.75, 3.05) is 5.75 Å². The van der Waals surface area contributed by atoms with E-state index in [9.17, 15) is 13.2 Å². The molecule has 0 aliphatic carbocycles. The maximum atomic E-state index is 11.9. The van der Waals surface area contributed by atoms with Crippen molar-refractivity contribution in [2.45, 2.75) is 24.7 Å². The van der Waals surface area contributed by atoms with Crippen molar-refractivity contribution < 1.29 is 18.3 Å². The number of hydrogen-bond donors (Lipinski definition) is 1. The van der Waals surface area contributed by atoms with E-state index < -0.39 is 15.8 Å². The van der Waals surface area contributed by atoms with Crippen LogP contribution in [0.25, 0.3) is 0 Å². The van der Waals surface area contributed by atoms with Gasteiger partial charge in [0.25, 0.3) is 0 Å². The molecular weight excluding hydrogens is 252 g/mol. The van der Waals surface area contributed by atoms with Gasteiger partial charge in [-0.1, -0.05) is 12.1 Å². The number of hydrogen-bond acceptors (Lipinski definition) is 3. The van der Waals surface area contributed by atoms with Crippen LogP contribution in [0.4, 0.5) is 0 Å². The number of carboxylic acid groups (broad SMARTS) is 1. The van der Waals surface area contributed by atoms with Crippen molar-refractivity contribution in [3.63, 3.8) is 0 Å². The first-order valence-electron chi connectivity index (χ1n) is 5.39. The highest BCUT2D eigenvalue weighted by atomic mass is 32.2. The van der Waals surface area contributed by atoms with E-state index in [0.717, 1.165) is 0 Å². The Kier molecular flexibility index (Phi) is 4.93. The first-order chi connectivity index (χ1) is 8.45. The van der Waals surface area contributed by atoms with E-state index in [4.69, 9.17) is 5.11 Å². The molecule has 0 amide bonds. The van der Waals surface area contributed by atoms with Gasteiger partial charge in [-0.15, -0.1) is 11.8 Å². The van der Waals surface area contributed by atoms with Crippen LogP contribution in [0.2, 0.25) is 0 Å². The van der Waals surface area contributed by atoms with Gasteiger partial charge in [0.2, 0.25) is 0 Å². The van der Waals surface area contributed by atoms with Crippen LogP contribution in [0.5, 0.6) is 0 Å². The molecule has 0 heterocycles. The number of carbonyl (C=O) groups is 1. The smallest absolute Gasteiger partial charge is 0.307 e. The van der Waals surface area contributed by atoms with Crippen molar-refractivity contribution in [1.82, 2.24) is 0 Å². The van der Waals surface area contributed by atoms with Crippen LogP contribution in [-0.4, -0.2) is 25.2 Å². The van der Waals surface area contributed by atoms with E-state index in [1.165, 1.54) is 24.3 Å². The Morgan fingerprint density at radius 3 is 2.39 bits per heavy atom. The lowest BCUT2D eigenvalue weighted by molar-refractivity contribution is -0.136. The third kappa shape index (κ3) is 4.22. The molecule has 0 aromatic heterocycles. The van der Waals surface area contributed by atoms with Crippen LogP contribution in [0.1, 0.15) is 18.9 Å². The second-order valence-corrected chi connectivity index (χ2v) is 5.82. The zero-order chi connectivity index (χ0) is 13.6. The lowest BCUT2D eigenvalue weighted by atomic mass is 10.2. The fourth-order valence-electron chi connectivity index (χ4n) is 1.42. The van der Waals surface area contributed by atoms with E-state index in [2.05, 4.69) is 11.8 Å². The van der Waals surface area contributed by atoms with Gasteiger partial charge in [0.1, 0.15) is 0 Å². The summed E-state index contributed by atoms with van der Waals surface area (Å²) in [5.74, 6) is 4.38. The monoisotopic (exact) mass is 266 g/mol. The second kappa shape index (κ2) is 6.22. The average molecular weight is 266 g/mol. The highest BCUT2D eigenvalue weighted by molar-refractivity contribution is 7.91. The molecule has 0 unspecified atom stereocenters. The molecule has 1 aromatic carbocycles. The average Bonchev–Trinajstić information content (AvgIpc) is 2.29. The number of benzene rings is 1. The minimum atomic E-state index is -3.33. The van der Waals surface area contributed by atoms with Gasteiger partial charge in [0.05, 0.1) is 17.1 Å². The number of rotatable bonds is 5. The lowest BCUT2D eigenvalue weighted by Crippen LogP contribution is -2.07. The summed E-state index contributed by atoms with van der Waals surface area (Å²) < 4.78 is 23.7. The van der Waals surface area contributed by atoms with Gasteiger partial charge in [-0.25, -0.2) is 8.42 Å². The molecule has 0 fully saturated rings. The van der Waals surface area contributed by atoms with Crippen molar-refractivity contribution in [2.24, 2.45) is 0 Å². The standard InChI is InChI=1S/C13H14O4S/c1-2-3-4-9-18(16,17)12-7-5-11(6-8-12)10-13(14)15/h5-8H,4,9-10H2,1H3,(H,14,15). The van der Waals surface area contributed by atoms with Gasteiger partial charge in [0, 0.05) is 6.42 Å². The summed E-state index contributed by atoms with van der Waals surface area (Å²) in [6.45, 7) is 1.66. The zero-order valence-electron chi connectivity index (χ0n) is 10.0. The topological polar surface area (TPSA) is 71.4 Å². The number of carboxylic acids is 1. The van der Waals surface area contributed by atoms with Crippen molar-refractivity contribution in [1.29, 1.82) is 0 Å². The molecule has 0 aliphatic heterocycles. The van der Waals surface area contributed by atoms with Gasteiger partial charge in [-0.3, -0.25) is 4.79 Å². The molecule has 1 N–H and O–H groups in total. The maximum absolute atomic E-state index is 11.9. The van der Waals surface area contributed by atoms with Gasteiger partial charge in [-0.05, 0) is 24.6 Å². The van der Waals surface area contributed by atoms with E-state index in [-0.39, 0.29) is 17.1 Å². The van der Waals surface area contributed by atoms with Crippen LogP contribution in [0, 0.1) is 11.8 Å². The molecule has 0 aliphatic rings. The minimum absolute atomic E-state index is 0.0217. The number of sulfone groups is 1. The first kappa shape index (κ1) is 14.3. The molecule has 96 valence electrons. The van der Waals surface area contributed by atoms with Crippen molar-refractivity contribution >= 4 is 15.8 Å². The minimum Gasteiger partial charge on any atom is -0.481 e. The molecule has 0 atom stereocenters. The van der Waals surface area contributed by atoms with Crippen molar-refractivity contribution in [3.8, 4) is 11.8 Å². The van der Waals surface area contributed by atoms with Gasteiger partial charge >= 0.3 is 5.97 Å². The molecule has 4 nitrogen and oxygen atoms in total. The molecule has 0 radical (unpaired) electrons. The van der Waals surface area contributed by atoms with E-state index in [1.807, 2.05) is 0 Å². The summed E-state index contributed by atoms with van der Waals surface area (Å²) in [5.41, 5.74) is 0.579. The summed E-state index contributed by atoms with van der Waals surface area (Å²) in [6, 6.07) is 5.92. The van der Waals surface area contributed by atoms with Crippen LogP contribution in [-0.2, 0) is 21.1 Å². The van der Waals surface area contributed by atoms with Crippen LogP contribution < -0.4 is 0 Å². The molecular formula is C13H14O4S. The lowest BCUT2D eigenvalue weighted by Gasteiger charge is -2.03. The summed E-state index contributed by atoms with van der Waals surface area (Å²) >= 11 is 0. The molecule has 0 saturated carbocycles. The van der Waals surface area contributed by atoms with Gasteiger partial charge in [0.15, 0.2) is 9.84 Å². The van der Waals surface area contributed by atoms with Gasteiger partial charge < -0.3 is 5.11 Å². The Morgan fingerprint density at radius 1 is 1.28 bits per heavy atom. The van der Waals surface area contributed by atoms with Crippen molar-refractivity contribution in [3.05, 3.63) is 29.8 Å². The number of aliphatic carboxylic acids is 1. The Bertz CT molecular complexity index is 574. The quantitative estimate of drug-likeness (QED) is 0.820. The maximum Gasteiger partial charge on any atom is 0.307 e. The third-order valence-corrected chi connectivity index (χ3v) is 4.04. The van der Waals surface area contributed by atoms with E-state index in [0.29, 0.717) is 12.0 Å². The van der Waals surface area contributed by atoms with Crippen LogP contribution in [0.15, 0.2) is 29.2 Å². The molecule has 0 saturated heterocycles. The summed E-state index contributed by atoms with van der Waals surface area (Å²) in [4.78, 5) is 10.7. The van der Waals surface area contributed by atoms with E-state index >= 15 is 0 Å².